The Morgan fingerprint density at radius 3 is 1.67 bits per heavy atom. The van der Waals surface area contributed by atoms with E-state index in [-0.39, 0.29) is 25.8 Å². The zero-order valence-electron chi connectivity index (χ0n) is 34.3. The van der Waals surface area contributed by atoms with Crippen molar-refractivity contribution in [1.82, 2.24) is 0 Å². The summed E-state index contributed by atoms with van der Waals surface area (Å²) in [5, 5.41) is 0. The molecule has 0 aromatic carbocycles. The number of ether oxygens (including phenoxy) is 2. The van der Waals surface area contributed by atoms with E-state index in [4.69, 9.17) is 18.5 Å². The molecule has 1 N–H and O–H groups in total. The van der Waals surface area contributed by atoms with Crippen molar-refractivity contribution in [2.45, 2.75) is 168 Å². The molecule has 52 heavy (non-hydrogen) atoms. The lowest BCUT2D eigenvalue weighted by Gasteiger charge is -2.24. The van der Waals surface area contributed by atoms with Gasteiger partial charge in [-0.15, -0.1) is 0 Å². The Morgan fingerprint density at radius 1 is 0.615 bits per heavy atom. The van der Waals surface area contributed by atoms with Crippen LogP contribution in [0.2, 0.25) is 0 Å². The summed E-state index contributed by atoms with van der Waals surface area (Å²) in [5.41, 5.74) is 0. The van der Waals surface area contributed by atoms with Crippen LogP contribution in [-0.4, -0.2) is 75.6 Å². The lowest BCUT2D eigenvalue weighted by atomic mass is 10.0. The van der Waals surface area contributed by atoms with Crippen LogP contribution in [0.3, 0.4) is 0 Å². The third kappa shape index (κ3) is 39.7. The normalized spacial score (nSPS) is 14.3. The lowest BCUT2D eigenvalue weighted by Crippen LogP contribution is -2.37. The maximum absolute atomic E-state index is 12.7. The second-order valence-electron chi connectivity index (χ2n) is 15.0. The van der Waals surface area contributed by atoms with E-state index in [1.165, 1.54) is 70.6 Å². The molecule has 0 bridgehead atoms. The molecule has 0 aromatic heterocycles. The van der Waals surface area contributed by atoms with Crippen molar-refractivity contribution in [3.63, 3.8) is 0 Å². The minimum Gasteiger partial charge on any atom is -0.457 e. The number of carbonyl (C=O) groups excluding carboxylic acids is 1. The number of rotatable bonds is 38. The highest BCUT2D eigenvalue weighted by molar-refractivity contribution is 7.47. The molecule has 9 heteroatoms. The van der Waals surface area contributed by atoms with Gasteiger partial charge < -0.3 is 18.9 Å². The minimum absolute atomic E-state index is 0.0829. The van der Waals surface area contributed by atoms with Gasteiger partial charge in [0, 0.05) is 13.0 Å². The predicted octanol–water partition coefficient (Wildman–Crippen LogP) is 12.0. The summed E-state index contributed by atoms with van der Waals surface area (Å²) in [7, 11) is 1.65. The molecule has 0 aliphatic rings. The molecule has 0 saturated heterocycles. The molecule has 0 rings (SSSR count). The predicted molar refractivity (Wildman–Crippen MR) is 219 cm³/mol. The van der Waals surface area contributed by atoms with Crippen molar-refractivity contribution in [3.8, 4) is 0 Å². The molecule has 0 saturated carbocycles. The third-order valence-corrected chi connectivity index (χ3v) is 9.64. The van der Waals surface area contributed by atoms with Gasteiger partial charge in [0.05, 0.1) is 34.4 Å². The Bertz CT molecular complexity index is 973. The van der Waals surface area contributed by atoms with Gasteiger partial charge in [-0.25, -0.2) is 4.57 Å². The number of nitrogens with zero attached hydrogens (tertiary/aromatic N) is 1. The number of phosphoric acid groups is 1. The fraction of sp³-hybridized carbons (Fsp3) is 0.791. The van der Waals surface area contributed by atoms with Gasteiger partial charge >= 0.3 is 13.8 Å². The summed E-state index contributed by atoms with van der Waals surface area (Å²) in [4.78, 5) is 22.8. The molecule has 0 aliphatic heterocycles. The van der Waals surface area contributed by atoms with Crippen LogP contribution in [0, 0.1) is 0 Å². The largest absolute Gasteiger partial charge is 0.472 e. The Morgan fingerprint density at radius 2 is 1.12 bits per heavy atom. The van der Waals surface area contributed by atoms with E-state index in [9.17, 15) is 14.3 Å². The number of allylic oxidation sites excluding steroid dienone is 8. The highest BCUT2D eigenvalue weighted by Crippen LogP contribution is 2.43. The molecule has 2 unspecified atom stereocenters. The van der Waals surface area contributed by atoms with E-state index < -0.39 is 13.9 Å². The summed E-state index contributed by atoms with van der Waals surface area (Å²) < 4.78 is 34.9. The molecule has 0 radical (unpaired) electrons. The number of esters is 1. The molecule has 304 valence electrons. The molecule has 0 spiro atoms. The first-order chi connectivity index (χ1) is 25.1. The molecule has 0 heterocycles. The number of hydrogen-bond acceptors (Lipinski definition) is 6. The van der Waals surface area contributed by atoms with Gasteiger partial charge in [-0.2, -0.15) is 0 Å². The second-order valence-corrected chi connectivity index (χ2v) is 16.4. The first-order valence-corrected chi connectivity index (χ1v) is 22.4. The molecular weight excluding hydrogens is 673 g/mol. The standard InChI is InChI=1S/C43H80NO7P/c1-6-8-10-12-14-16-18-20-21-22-23-24-26-28-30-32-34-36-43(45)51-42(41-50-52(46,47)49-39-37-44(3,4)5)40-48-38-35-33-31-29-27-25-19-17-15-13-11-9-7-2/h8,10,14,16,20-21,23-24,42H,6-7,9,11-13,15,17-19,22,25-41H2,1-5H3/p+1/b10-8-,16-14-,21-20-,24-23-. The van der Waals surface area contributed by atoms with E-state index in [1.807, 2.05) is 21.1 Å². The monoisotopic (exact) mass is 755 g/mol. The summed E-state index contributed by atoms with van der Waals surface area (Å²) in [6.45, 7) is 5.47. The SMILES string of the molecule is CC/C=C\C/C=C\C/C=C\C/C=C\CCCCCCC(=O)OC(COCCCCCCCCCCCCCCC)COP(=O)(O)OCC[N+](C)(C)C. The van der Waals surface area contributed by atoms with E-state index in [1.54, 1.807) is 0 Å². The number of likely N-dealkylation sites (N-methyl/N-ethyl adjacent to an activating group) is 1. The highest BCUT2D eigenvalue weighted by atomic mass is 31.2. The van der Waals surface area contributed by atoms with Crippen LogP contribution in [0.4, 0.5) is 0 Å². The van der Waals surface area contributed by atoms with Crippen molar-refractivity contribution in [1.29, 1.82) is 0 Å². The molecule has 8 nitrogen and oxygen atoms in total. The van der Waals surface area contributed by atoms with E-state index in [0.29, 0.717) is 24.1 Å². The van der Waals surface area contributed by atoms with Gasteiger partial charge in [-0.05, 0) is 51.4 Å². The summed E-state index contributed by atoms with van der Waals surface area (Å²) in [6.07, 6.45) is 42.8. The number of unbranched alkanes of at least 4 members (excludes halogenated alkanes) is 16. The summed E-state index contributed by atoms with van der Waals surface area (Å²) >= 11 is 0. The summed E-state index contributed by atoms with van der Waals surface area (Å²) in [6, 6.07) is 0. The average molecular weight is 755 g/mol. The maximum atomic E-state index is 12.7. The molecule has 0 aromatic rings. The Balaban J connectivity index is 4.31. The number of hydrogen-bond donors (Lipinski definition) is 1. The zero-order chi connectivity index (χ0) is 38.4. The second kappa shape index (κ2) is 36.4. The van der Waals surface area contributed by atoms with E-state index >= 15 is 0 Å². The van der Waals surface area contributed by atoms with Crippen LogP contribution in [-0.2, 0) is 27.9 Å². The smallest absolute Gasteiger partial charge is 0.457 e. The number of phosphoric ester groups is 1. The van der Waals surface area contributed by atoms with Gasteiger partial charge in [0.25, 0.3) is 0 Å². The molecule has 2 atom stereocenters. The Labute approximate surface area is 320 Å². The number of quaternary nitrogens is 1. The summed E-state index contributed by atoms with van der Waals surface area (Å²) in [5.74, 6) is -0.337. The van der Waals surface area contributed by atoms with Gasteiger partial charge in [0.1, 0.15) is 19.3 Å². The van der Waals surface area contributed by atoms with Crippen molar-refractivity contribution in [2.24, 2.45) is 0 Å². The van der Waals surface area contributed by atoms with E-state index in [2.05, 4.69) is 62.5 Å². The average Bonchev–Trinajstić information content (AvgIpc) is 3.09. The maximum Gasteiger partial charge on any atom is 0.472 e. The van der Waals surface area contributed by atoms with Crippen LogP contribution >= 0.6 is 7.82 Å². The van der Waals surface area contributed by atoms with Gasteiger partial charge in [0.15, 0.2) is 0 Å². The fourth-order valence-electron chi connectivity index (χ4n) is 5.42. The van der Waals surface area contributed by atoms with Gasteiger partial charge in [-0.1, -0.05) is 152 Å². The van der Waals surface area contributed by atoms with Crippen LogP contribution in [0.1, 0.15) is 162 Å². The van der Waals surface area contributed by atoms with Crippen LogP contribution in [0.15, 0.2) is 48.6 Å². The molecular formula is C43H81NO7P+. The van der Waals surface area contributed by atoms with Crippen molar-refractivity contribution < 1.29 is 37.3 Å². The van der Waals surface area contributed by atoms with Crippen LogP contribution in [0.5, 0.6) is 0 Å². The number of carbonyl (C=O) groups is 1. The lowest BCUT2D eigenvalue weighted by molar-refractivity contribution is -0.870. The van der Waals surface area contributed by atoms with Crippen LogP contribution < -0.4 is 0 Å². The van der Waals surface area contributed by atoms with Crippen molar-refractivity contribution >= 4 is 13.8 Å². The molecule has 0 aliphatic carbocycles. The Kier molecular flexibility index (Phi) is 35.4. The highest BCUT2D eigenvalue weighted by Gasteiger charge is 2.26. The Hall–Kier alpha value is -1.54. The minimum atomic E-state index is -4.28. The third-order valence-electron chi connectivity index (χ3n) is 8.65. The van der Waals surface area contributed by atoms with Gasteiger partial charge in [0.2, 0.25) is 0 Å². The van der Waals surface area contributed by atoms with Crippen molar-refractivity contribution in [3.05, 3.63) is 48.6 Å². The van der Waals surface area contributed by atoms with Crippen molar-refractivity contribution in [2.75, 3.05) is 54.1 Å². The van der Waals surface area contributed by atoms with E-state index in [0.717, 1.165) is 70.6 Å². The first-order valence-electron chi connectivity index (χ1n) is 20.9. The van der Waals surface area contributed by atoms with Gasteiger partial charge in [-0.3, -0.25) is 13.8 Å². The molecule has 0 fully saturated rings. The zero-order valence-corrected chi connectivity index (χ0v) is 35.2. The molecule has 0 amide bonds. The topological polar surface area (TPSA) is 91.3 Å². The first kappa shape index (κ1) is 50.5. The van der Waals surface area contributed by atoms with Crippen LogP contribution in [0.25, 0.3) is 0 Å². The quantitative estimate of drug-likeness (QED) is 0.0221. The fourth-order valence-corrected chi connectivity index (χ4v) is 6.17.